The van der Waals surface area contributed by atoms with Crippen LogP contribution in [0.1, 0.15) is 5.56 Å². The van der Waals surface area contributed by atoms with Gasteiger partial charge in [0.1, 0.15) is 4.90 Å². The Kier molecular flexibility index (Phi) is 4.86. The highest BCUT2D eigenvalue weighted by molar-refractivity contribution is 7.92. The van der Waals surface area contributed by atoms with Gasteiger partial charge in [0.05, 0.1) is 17.3 Å². The number of nitrogens with two attached hydrogens (primary N) is 1. The molecule has 108 valence electrons. The van der Waals surface area contributed by atoms with Gasteiger partial charge in [-0.25, -0.2) is 8.42 Å². The van der Waals surface area contributed by atoms with Gasteiger partial charge in [0.15, 0.2) is 0 Å². The van der Waals surface area contributed by atoms with E-state index in [1.54, 1.807) is 36.4 Å². The molecule has 0 unspecified atom stereocenters. The van der Waals surface area contributed by atoms with Crippen molar-refractivity contribution in [3.63, 3.8) is 0 Å². The molecule has 0 aliphatic carbocycles. The van der Waals surface area contributed by atoms with Crippen LogP contribution in [0, 0.1) is 11.8 Å². The highest BCUT2D eigenvalue weighted by atomic mass is 35.5. The minimum Gasteiger partial charge on any atom is -0.320 e. The van der Waals surface area contributed by atoms with E-state index in [1.165, 1.54) is 12.1 Å². The van der Waals surface area contributed by atoms with E-state index in [0.717, 1.165) is 0 Å². The van der Waals surface area contributed by atoms with Crippen molar-refractivity contribution in [1.29, 1.82) is 0 Å². The molecule has 0 aromatic heterocycles. The average Bonchev–Trinajstić information content (AvgIpc) is 2.45. The molecule has 0 saturated heterocycles. The van der Waals surface area contributed by atoms with Crippen LogP contribution in [0.3, 0.4) is 0 Å². The van der Waals surface area contributed by atoms with Crippen molar-refractivity contribution in [3.8, 4) is 11.8 Å². The molecule has 0 amide bonds. The number of rotatable bonds is 3. The summed E-state index contributed by atoms with van der Waals surface area (Å²) < 4.78 is 27.1. The van der Waals surface area contributed by atoms with Gasteiger partial charge < -0.3 is 5.73 Å². The Hall–Kier alpha value is -2.00. The lowest BCUT2D eigenvalue weighted by Gasteiger charge is -2.09. The van der Waals surface area contributed by atoms with E-state index in [4.69, 9.17) is 17.3 Å². The molecule has 0 fully saturated rings. The number of benzene rings is 2. The average molecular weight is 321 g/mol. The lowest BCUT2D eigenvalue weighted by atomic mass is 10.2. The summed E-state index contributed by atoms with van der Waals surface area (Å²) in [5.74, 6) is 5.56. The van der Waals surface area contributed by atoms with Crippen molar-refractivity contribution in [1.82, 2.24) is 0 Å². The largest absolute Gasteiger partial charge is 0.320 e. The number of anilines is 1. The number of hydrogen-bond acceptors (Lipinski definition) is 3. The zero-order valence-corrected chi connectivity index (χ0v) is 12.6. The molecule has 2 aromatic rings. The van der Waals surface area contributed by atoms with Crippen LogP contribution < -0.4 is 10.5 Å². The van der Waals surface area contributed by atoms with Crippen LogP contribution in [0.25, 0.3) is 0 Å². The fourth-order valence-electron chi connectivity index (χ4n) is 1.69. The zero-order chi connectivity index (χ0) is 15.3. The summed E-state index contributed by atoms with van der Waals surface area (Å²) >= 11 is 5.92. The third-order valence-corrected chi connectivity index (χ3v) is 4.46. The SMILES string of the molecule is NCC#Cc1cccc(NS(=O)(=O)c2ccccc2Cl)c1. The molecule has 0 aliphatic rings. The molecule has 2 aromatic carbocycles. The van der Waals surface area contributed by atoms with E-state index >= 15 is 0 Å². The predicted octanol–water partition coefficient (Wildman–Crippen LogP) is 2.45. The second kappa shape index (κ2) is 6.64. The molecule has 3 N–H and O–H groups in total. The van der Waals surface area contributed by atoms with Crippen LogP contribution in [0.4, 0.5) is 5.69 Å². The van der Waals surface area contributed by atoms with E-state index < -0.39 is 10.0 Å². The standard InChI is InChI=1S/C15H13ClN2O2S/c16-14-8-1-2-9-15(14)21(19,20)18-13-7-3-5-12(11-13)6-4-10-17/h1-3,5,7-9,11,18H,10,17H2. The minimum atomic E-state index is -3.74. The first-order valence-electron chi connectivity index (χ1n) is 6.09. The Labute approximate surface area is 129 Å². The molecule has 0 bridgehead atoms. The Morgan fingerprint density at radius 2 is 1.90 bits per heavy atom. The quantitative estimate of drug-likeness (QED) is 0.853. The van der Waals surface area contributed by atoms with E-state index in [0.29, 0.717) is 11.3 Å². The van der Waals surface area contributed by atoms with Crippen LogP contribution in [0.2, 0.25) is 5.02 Å². The smallest absolute Gasteiger partial charge is 0.263 e. The number of hydrogen-bond donors (Lipinski definition) is 2. The molecular weight excluding hydrogens is 308 g/mol. The minimum absolute atomic E-state index is 0.0325. The first-order chi connectivity index (χ1) is 10.0. The third kappa shape index (κ3) is 3.99. The van der Waals surface area contributed by atoms with Crippen LogP contribution in [-0.2, 0) is 10.0 Å². The number of nitrogens with one attached hydrogen (secondary N) is 1. The molecule has 0 heterocycles. The highest BCUT2D eigenvalue weighted by Gasteiger charge is 2.17. The van der Waals surface area contributed by atoms with E-state index in [2.05, 4.69) is 16.6 Å². The second-order valence-electron chi connectivity index (χ2n) is 4.12. The summed E-state index contributed by atoms with van der Waals surface area (Å²) in [6, 6.07) is 13.0. The third-order valence-electron chi connectivity index (χ3n) is 2.58. The topological polar surface area (TPSA) is 72.2 Å². The van der Waals surface area contributed by atoms with Crippen molar-refractivity contribution in [3.05, 3.63) is 59.1 Å². The van der Waals surface area contributed by atoms with Crippen molar-refractivity contribution in [2.24, 2.45) is 5.73 Å². The monoisotopic (exact) mass is 320 g/mol. The van der Waals surface area contributed by atoms with Crippen molar-refractivity contribution in [2.75, 3.05) is 11.3 Å². The Balaban J connectivity index is 2.31. The molecule has 0 atom stereocenters. The van der Waals surface area contributed by atoms with E-state index in [-0.39, 0.29) is 16.5 Å². The summed E-state index contributed by atoms with van der Waals surface area (Å²) in [6.07, 6.45) is 0. The maximum Gasteiger partial charge on any atom is 0.263 e. The van der Waals surface area contributed by atoms with Crippen LogP contribution in [-0.4, -0.2) is 15.0 Å². The van der Waals surface area contributed by atoms with E-state index in [9.17, 15) is 8.42 Å². The molecule has 0 radical (unpaired) electrons. The summed E-state index contributed by atoms with van der Waals surface area (Å²) in [5.41, 5.74) is 6.40. The van der Waals surface area contributed by atoms with Crippen LogP contribution >= 0.6 is 11.6 Å². The fraction of sp³-hybridized carbons (Fsp3) is 0.0667. The van der Waals surface area contributed by atoms with Gasteiger partial charge in [-0.15, -0.1) is 0 Å². The Morgan fingerprint density at radius 1 is 1.14 bits per heavy atom. The van der Waals surface area contributed by atoms with Crippen molar-refractivity contribution in [2.45, 2.75) is 4.90 Å². The first kappa shape index (κ1) is 15.4. The van der Waals surface area contributed by atoms with Crippen LogP contribution in [0.5, 0.6) is 0 Å². The molecule has 0 spiro atoms. The number of halogens is 1. The van der Waals surface area contributed by atoms with Gasteiger partial charge in [-0.3, -0.25) is 4.72 Å². The van der Waals surface area contributed by atoms with E-state index in [1.807, 2.05) is 0 Å². The lowest BCUT2D eigenvalue weighted by Crippen LogP contribution is -2.13. The van der Waals surface area contributed by atoms with Crippen molar-refractivity contribution >= 4 is 27.3 Å². The molecule has 0 aliphatic heterocycles. The lowest BCUT2D eigenvalue weighted by molar-refractivity contribution is 0.601. The van der Waals surface area contributed by atoms with Crippen LogP contribution in [0.15, 0.2) is 53.4 Å². The Morgan fingerprint density at radius 3 is 2.62 bits per heavy atom. The van der Waals surface area contributed by atoms with Gasteiger partial charge in [-0.1, -0.05) is 41.6 Å². The molecule has 0 saturated carbocycles. The summed E-state index contributed by atoms with van der Waals surface area (Å²) in [7, 11) is -3.74. The number of sulfonamides is 1. The maximum absolute atomic E-state index is 12.3. The van der Waals surface area contributed by atoms with Gasteiger partial charge in [-0.2, -0.15) is 0 Å². The second-order valence-corrected chi connectivity index (χ2v) is 6.18. The summed E-state index contributed by atoms with van der Waals surface area (Å²) in [4.78, 5) is 0.0325. The molecule has 2 rings (SSSR count). The van der Waals surface area contributed by atoms with Gasteiger partial charge in [0, 0.05) is 5.56 Å². The van der Waals surface area contributed by atoms with Crippen molar-refractivity contribution < 1.29 is 8.42 Å². The van der Waals surface area contributed by atoms with Gasteiger partial charge in [0.25, 0.3) is 10.0 Å². The Bertz CT molecular complexity index is 808. The predicted molar refractivity (Wildman–Crippen MR) is 84.6 cm³/mol. The summed E-state index contributed by atoms with van der Waals surface area (Å²) in [5, 5.41) is 0.170. The summed E-state index contributed by atoms with van der Waals surface area (Å²) in [6.45, 7) is 0.246. The normalized spacial score (nSPS) is 10.6. The van der Waals surface area contributed by atoms with Gasteiger partial charge >= 0.3 is 0 Å². The van der Waals surface area contributed by atoms with Gasteiger partial charge in [0.2, 0.25) is 0 Å². The fourth-order valence-corrected chi connectivity index (χ4v) is 3.26. The highest BCUT2D eigenvalue weighted by Crippen LogP contribution is 2.23. The maximum atomic E-state index is 12.3. The molecular formula is C15H13ClN2O2S. The van der Waals surface area contributed by atoms with Gasteiger partial charge in [-0.05, 0) is 30.3 Å². The zero-order valence-electron chi connectivity index (χ0n) is 11.0. The molecule has 4 nitrogen and oxygen atoms in total. The molecule has 6 heteroatoms. The molecule has 21 heavy (non-hydrogen) atoms. The first-order valence-corrected chi connectivity index (χ1v) is 7.95.